The second kappa shape index (κ2) is 6.47. The van der Waals surface area contributed by atoms with Gasteiger partial charge in [0, 0.05) is 24.0 Å². The van der Waals surface area contributed by atoms with Crippen LogP contribution in [-0.2, 0) is 12.3 Å². The number of halogens is 3. The van der Waals surface area contributed by atoms with Gasteiger partial charge in [-0.05, 0) is 12.1 Å². The lowest BCUT2D eigenvalue weighted by molar-refractivity contribution is -0.0227. The van der Waals surface area contributed by atoms with E-state index >= 15 is 4.39 Å². The molecule has 6 nitrogen and oxygen atoms in total. The Morgan fingerprint density at radius 3 is 2.62 bits per heavy atom. The normalized spacial score (nSPS) is 20.4. The molecule has 1 atom stereocenters. The zero-order valence-corrected chi connectivity index (χ0v) is 14.0. The van der Waals surface area contributed by atoms with Gasteiger partial charge in [-0.3, -0.25) is 0 Å². The fourth-order valence-corrected chi connectivity index (χ4v) is 3.03. The standard InChI is InChI=1S/C17H12ClF2N5O/c18-15-14(16-21-7-3-8-22-16)23-25(10-11-4-1-2-5-12(11)19)17(15,20)13-6-9-26-24-13/h1-9,23H,10H2. The molecule has 1 aromatic carbocycles. The minimum Gasteiger partial charge on any atom is -0.364 e. The highest BCUT2D eigenvalue weighted by atomic mass is 35.5. The van der Waals surface area contributed by atoms with Crippen molar-refractivity contribution in [3.05, 3.63) is 83.0 Å². The molecule has 0 bridgehead atoms. The van der Waals surface area contributed by atoms with E-state index in [0.29, 0.717) is 0 Å². The van der Waals surface area contributed by atoms with Gasteiger partial charge in [-0.25, -0.2) is 18.7 Å². The van der Waals surface area contributed by atoms with Crippen LogP contribution in [-0.4, -0.2) is 20.1 Å². The molecule has 2 aromatic heterocycles. The highest BCUT2D eigenvalue weighted by Gasteiger charge is 2.52. The summed E-state index contributed by atoms with van der Waals surface area (Å²) in [5, 5.41) is 4.60. The summed E-state index contributed by atoms with van der Waals surface area (Å²) in [6.07, 6.45) is 4.26. The van der Waals surface area contributed by atoms with E-state index in [1.54, 1.807) is 24.3 Å². The Morgan fingerprint density at radius 1 is 1.15 bits per heavy atom. The Labute approximate surface area is 152 Å². The van der Waals surface area contributed by atoms with E-state index in [1.165, 1.54) is 30.8 Å². The number of hydrogen-bond acceptors (Lipinski definition) is 6. The van der Waals surface area contributed by atoms with Crippen molar-refractivity contribution in [2.24, 2.45) is 0 Å². The molecule has 0 spiro atoms. The molecule has 3 aromatic rings. The molecule has 3 heterocycles. The maximum Gasteiger partial charge on any atom is 0.264 e. The van der Waals surface area contributed by atoms with E-state index < -0.39 is 11.6 Å². The number of hydrogen-bond donors (Lipinski definition) is 1. The van der Waals surface area contributed by atoms with Gasteiger partial charge in [-0.2, -0.15) is 5.01 Å². The van der Waals surface area contributed by atoms with Gasteiger partial charge >= 0.3 is 0 Å². The average molecular weight is 376 g/mol. The molecule has 1 aliphatic heterocycles. The third-order valence-corrected chi connectivity index (χ3v) is 4.42. The molecule has 0 amide bonds. The zero-order valence-electron chi connectivity index (χ0n) is 13.2. The minimum atomic E-state index is -2.37. The van der Waals surface area contributed by atoms with Crippen molar-refractivity contribution in [3.8, 4) is 0 Å². The van der Waals surface area contributed by atoms with Gasteiger partial charge in [-0.1, -0.05) is 35.0 Å². The van der Waals surface area contributed by atoms with Crippen molar-refractivity contribution < 1.29 is 13.3 Å². The van der Waals surface area contributed by atoms with E-state index in [4.69, 9.17) is 16.1 Å². The average Bonchev–Trinajstić information content (AvgIpc) is 3.28. The molecular formula is C17H12ClF2N5O. The SMILES string of the molecule is Fc1ccccc1CN1NC(c2ncccn2)=C(Cl)C1(F)c1ccon1. The Bertz CT molecular complexity index is 951. The highest BCUT2D eigenvalue weighted by molar-refractivity contribution is 6.33. The molecule has 9 heteroatoms. The van der Waals surface area contributed by atoms with Crippen LogP contribution in [0.4, 0.5) is 8.78 Å². The van der Waals surface area contributed by atoms with Crippen molar-refractivity contribution in [1.82, 2.24) is 25.6 Å². The summed E-state index contributed by atoms with van der Waals surface area (Å²) >= 11 is 6.36. The van der Waals surface area contributed by atoms with E-state index in [9.17, 15) is 4.39 Å². The van der Waals surface area contributed by atoms with E-state index in [1.807, 2.05) is 0 Å². The molecule has 1 aliphatic rings. The topological polar surface area (TPSA) is 67.1 Å². The first kappa shape index (κ1) is 16.6. The first-order chi connectivity index (χ1) is 12.6. The molecule has 132 valence electrons. The monoisotopic (exact) mass is 375 g/mol. The molecule has 1 N–H and O–H groups in total. The maximum absolute atomic E-state index is 16.1. The fourth-order valence-electron chi connectivity index (χ4n) is 2.70. The Morgan fingerprint density at radius 2 is 1.92 bits per heavy atom. The number of hydrazine groups is 1. The lowest BCUT2D eigenvalue weighted by Gasteiger charge is -2.29. The predicted octanol–water partition coefficient (Wildman–Crippen LogP) is 3.35. The van der Waals surface area contributed by atoms with Crippen LogP contribution in [0.3, 0.4) is 0 Å². The predicted molar refractivity (Wildman–Crippen MR) is 89.2 cm³/mol. The van der Waals surface area contributed by atoms with E-state index in [2.05, 4.69) is 20.6 Å². The minimum absolute atomic E-state index is 0.0720. The lowest BCUT2D eigenvalue weighted by atomic mass is 10.1. The van der Waals surface area contributed by atoms with Crippen molar-refractivity contribution in [2.75, 3.05) is 0 Å². The first-order valence-electron chi connectivity index (χ1n) is 7.66. The van der Waals surface area contributed by atoms with Crippen molar-refractivity contribution >= 4 is 17.3 Å². The lowest BCUT2D eigenvalue weighted by Crippen LogP contribution is -2.44. The van der Waals surface area contributed by atoms with Gasteiger partial charge < -0.3 is 9.95 Å². The summed E-state index contributed by atoms with van der Waals surface area (Å²) in [5.74, 6) is -2.62. The van der Waals surface area contributed by atoms with Crippen LogP contribution in [0.5, 0.6) is 0 Å². The third-order valence-electron chi connectivity index (χ3n) is 3.98. The summed E-state index contributed by atoms with van der Waals surface area (Å²) in [4.78, 5) is 8.18. The van der Waals surface area contributed by atoms with Crippen LogP contribution in [0.1, 0.15) is 17.1 Å². The van der Waals surface area contributed by atoms with Gasteiger partial charge in [0.15, 0.2) is 5.82 Å². The summed E-state index contributed by atoms with van der Waals surface area (Å²) in [6, 6.07) is 9.08. The smallest absolute Gasteiger partial charge is 0.264 e. The van der Waals surface area contributed by atoms with Crippen LogP contribution < -0.4 is 5.43 Å². The van der Waals surface area contributed by atoms with Crippen molar-refractivity contribution in [3.63, 3.8) is 0 Å². The molecule has 4 rings (SSSR count). The molecule has 0 fully saturated rings. The largest absolute Gasteiger partial charge is 0.364 e. The number of alkyl halides is 1. The van der Waals surface area contributed by atoms with Crippen LogP contribution in [0, 0.1) is 5.82 Å². The fraction of sp³-hybridized carbons (Fsp3) is 0.118. The first-order valence-corrected chi connectivity index (χ1v) is 8.03. The second-order valence-corrected chi connectivity index (χ2v) is 5.94. The number of nitrogens with one attached hydrogen (secondary N) is 1. The number of aromatic nitrogens is 3. The number of benzene rings is 1. The van der Waals surface area contributed by atoms with Crippen LogP contribution in [0.25, 0.3) is 5.70 Å². The van der Waals surface area contributed by atoms with Gasteiger partial charge in [0.05, 0.1) is 6.54 Å². The number of nitrogens with zero attached hydrogens (tertiary/aromatic N) is 4. The third kappa shape index (κ3) is 2.63. The van der Waals surface area contributed by atoms with Gasteiger partial charge in [0.1, 0.15) is 28.5 Å². The molecule has 0 aliphatic carbocycles. The molecule has 0 saturated carbocycles. The van der Waals surface area contributed by atoms with Crippen LogP contribution >= 0.6 is 11.6 Å². The Balaban J connectivity index is 1.79. The zero-order chi connectivity index (χ0) is 18.1. The molecule has 26 heavy (non-hydrogen) atoms. The van der Waals surface area contributed by atoms with Crippen molar-refractivity contribution in [2.45, 2.75) is 12.3 Å². The molecular weight excluding hydrogens is 364 g/mol. The molecule has 0 radical (unpaired) electrons. The summed E-state index contributed by atoms with van der Waals surface area (Å²) in [6.45, 7) is -0.122. The second-order valence-electron chi connectivity index (χ2n) is 5.56. The molecule has 0 saturated heterocycles. The van der Waals surface area contributed by atoms with Crippen molar-refractivity contribution in [1.29, 1.82) is 0 Å². The van der Waals surface area contributed by atoms with Gasteiger partial charge in [0.25, 0.3) is 5.79 Å². The number of rotatable bonds is 4. The van der Waals surface area contributed by atoms with Crippen LogP contribution in [0.2, 0.25) is 0 Å². The van der Waals surface area contributed by atoms with Gasteiger partial charge in [0.2, 0.25) is 0 Å². The quantitative estimate of drug-likeness (QED) is 0.705. The van der Waals surface area contributed by atoms with Crippen LogP contribution in [0.15, 0.2) is 64.6 Å². The summed E-state index contributed by atoms with van der Waals surface area (Å²) in [7, 11) is 0. The van der Waals surface area contributed by atoms with E-state index in [0.717, 1.165) is 5.01 Å². The van der Waals surface area contributed by atoms with Gasteiger partial charge in [-0.15, -0.1) is 0 Å². The highest BCUT2D eigenvalue weighted by Crippen LogP contribution is 2.46. The summed E-state index contributed by atoms with van der Waals surface area (Å²) < 4.78 is 34.9. The Hall–Kier alpha value is -2.84. The summed E-state index contributed by atoms with van der Waals surface area (Å²) in [5.41, 5.74) is 3.23. The maximum atomic E-state index is 16.1. The van der Waals surface area contributed by atoms with E-state index in [-0.39, 0.29) is 34.4 Å². The Kier molecular flexibility index (Phi) is 4.14. The molecule has 1 unspecified atom stereocenters.